The number of Topliss-reactive ketones (excluding diaryl/α,β-unsaturated/α-hetero) is 1. The molecule has 2 unspecified atom stereocenters. The molecular weight excluding hydrogens is 358 g/mol. The van der Waals surface area contributed by atoms with Gasteiger partial charge in [-0.25, -0.2) is 4.79 Å². The van der Waals surface area contributed by atoms with Crippen LogP contribution < -0.4 is 9.47 Å². The second kappa shape index (κ2) is 8.41. The first kappa shape index (κ1) is 20.5. The Morgan fingerprint density at radius 2 is 1.93 bits per heavy atom. The fourth-order valence-corrected chi connectivity index (χ4v) is 4.36. The lowest BCUT2D eigenvalue weighted by Gasteiger charge is -2.28. The highest BCUT2D eigenvalue weighted by molar-refractivity contribution is 5.85. The molecule has 1 aliphatic carbocycles. The fraction of sp³-hybridized carbons (Fsp3) is 0.636. The quantitative estimate of drug-likeness (QED) is 0.731. The van der Waals surface area contributed by atoms with Crippen LogP contribution >= 0.6 is 0 Å². The van der Waals surface area contributed by atoms with Gasteiger partial charge in [-0.15, -0.1) is 0 Å². The number of carbonyl (C=O) groups excluding carboxylic acids is 2. The van der Waals surface area contributed by atoms with E-state index in [0.717, 1.165) is 18.4 Å². The molecular formula is C22H31NO5. The molecule has 1 heterocycles. The maximum atomic E-state index is 12.5. The molecule has 6 heteroatoms. The van der Waals surface area contributed by atoms with E-state index >= 15 is 0 Å². The minimum absolute atomic E-state index is 0.0679. The van der Waals surface area contributed by atoms with Crippen molar-refractivity contribution in [3.8, 4) is 11.5 Å². The Bertz CT molecular complexity index is 728. The van der Waals surface area contributed by atoms with Crippen LogP contribution in [0.5, 0.6) is 11.5 Å². The lowest BCUT2D eigenvalue weighted by atomic mass is 9.73. The average molecular weight is 389 g/mol. The molecule has 2 atom stereocenters. The third-order valence-electron chi connectivity index (χ3n) is 6.21. The normalized spacial score (nSPS) is 25.0. The first-order chi connectivity index (χ1) is 13.4. The van der Waals surface area contributed by atoms with Gasteiger partial charge in [-0.1, -0.05) is 13.0 Å². The molecule has 6 nitrogen and oxygen atoms in total. The number of hydrogen-bond donors (Lipinski definition) is 0. The van der Waals surface area contributed by atoms with Crippen molar-refractivity contribution in [2.45, 2.75) is 58.5 Å². The van der Waals surface area contributed by atoms with Crippen molar-refractivity contribution in [3.63, 3.8) is 0 Å². The van der Waals surface area contributed by atoms with Gasteiger partial charge in [0.2, 0.25) is 0 Å². The van der Waals surface area contributed by atoms with Gasteiger partial charge >= 0.3 is 6.09 Å². The van der Waals surface area contributed by atoms with E-state index in [0.29, 0.717) is 31.2 Å². The SMILES string of the molecule is CCOC(=O)N1CC(c2ccc(OC)c(OC3CCCC3)c2)C(C)(C(C)=O)C1. The van der Waals surface area contributed by atoms with Gasteiger partial charge in [-0.3, -0.25) is 4.79 Å². The van der Waals surface area contributed by atoms with E-state index in [2.05, 4.69) is 0 Å². The summed E-state index contributed by atoms with van der Waals surface area (Å²) in [7, 11) is 1.63. The molecule has 154 valence electrons. The summed E-state index contributed by atoms with van der Waals surface area (Å²) in [4.78, 5) is 26.4. The molecule has 1 saturated heterocycles. The monoisotopic (exact) mass is 389 g/mol. The summed E-state index contributed by atoms with van der Waals surface area (Å²) in [6, 6.07) is 5.85. The Balaban J connectivity index is 1.90. The highest BCUT2D eigenvalue weighted by Crippen LogP contribution is 2.45. The minimum Gasteiger partial charge on any atom is -0.493 e. The summed E-state index contributed by atoms with van der Waals surface area (Å²) in [6.45, 7) is 6.44. The summed E-state index contributed by atoms with van der Waals surface area (Å²) in [5, 5.41) is 0. The van der Waals surface area contributed by atoms with Gasteiger partial charge < -0.3 is 19.1 Å². The molecule has 3 rings (SSSR count). The van der Waals surface area contributed by atoms with Crippen LogP contribution in [0.1, 0.15) is 57.9 Å². The molecule has 28 heavy (non-hydrogen) atoms. The van der Waals surface area contributed by atoms with Crippen LogP contribution in [0.3, 0.4) is 0 Å². The Hall–Kier alpha value is -2.24. The maximum absolute atomic E-state index is 12.5. The molecule has 2 fully saturated rings. The molecule has 1 aromatic rings. The Labute approximate surface area is 167 Å². The molecule has 0 bridgehead atoms. The fourth-order valence-electron chi connectivity index (χ4n) is 4.36. The number of benzene rings is 1. The zero-order valence-electron chi connectivity index (χ0n) is 17.3. The van der Waals surface area contributed by atoms with Crippen LogP contribution in [0.15, 0.2) is 18.2 Å². The number of ketones is 1. The zero-order valence-corrected chi connectivity index (χ0v) is 17.3. The van der Waals surface area contributed by atoms with Crippen LogP contribution in [-0.2, 0) is 9.53 Å². The molecule has 1 aliphatic heterocycles. The van der Waals surface area contributed by atoms with E-state index in [-0.39, 0.29) is 23.9 Å². The number of carbonyl (C=O) groups is 2. The lowest BCUT2D eigenvalue weighted by Crippen LogP contribution is -2.35. The van der Waals surface area contributed by atoms with Crippen molar-refractivity contribution >= 4 is 11.9 Å². The summed E-state index contributed by atoms with van der Waals surface area (Å²) in [5.74, 6) is 1.36. The van der Waals surface area contributed by atoms with Crippen molar-refractivity contribution in [2.75, 3.05) is 26.8 Å². The topological polar surface area (TPSA) is 65.1 Å². The van der Waals surface area contributed by atoms with Crippen molar-refractivity contribution < 1.29 is 23.8 Å². The number of rotatable bonds is 6. The van der Waals surface area contributed by atoms with E-state index in [9.17, 15) is 9.59 Å². The summed E-state index contributed by atoms with van der Waals surface area (Å²) < 4.78 is 16.9. The van der Waals surface area contributed by atoms with Gasteiger partial charge in [0.05, 0.1) is 25.2 Å². The largest absolute Gasteiger partial charge is 0.493 e. The second-order valence-electron chi connectivity index (χ2n) is 8.04. The number of hydrogen-bond acceptors (Lipinski definition) is 5. The second-order valence-corrected chi connectivity index (χ2v) is 8.04. The van der Waals surface area contributed by atoms with Crippen LogP contribution in [0.4, 0.5) is 4.79 Å². The lowest BCUT2D eigenvalue weighted by molar-refractivity contribution is -0.125. The Morgan fingerprint density at radius 3 is 2.54 bits per heavy atom. The van der Waals surface area contributed by atoms with Crippen LogP contribution in [-0.4, -0.2) is 49.7 Å². The third kappa shape index (κ3) is 3.96. The smallest absolute Gasteiger partial charge is 0.409 e. The van der Waals surface area contributed by atoms with Gasteiger partial charge in [-0.05, 0) is 57.2 Å². The van der Waals surface area contributed by atoms with Crippen LogP contribution in [0.2, 0.25) is 0 Å². The van der Waals surface area contributed by atoms with Gasteiger partial charge in [-0.2, -0.15) is 0 Å². The van der Waals surface area contributed by atoms with E-state index in [1.807, 2.05) is 25.1 Å². The molecule has 2 aliphatic rings. The van der Waals surface area contributed by atoms with E-state index in [1.54, 1.807) is 25.9 Å². The highest BCUT2D eigenvalue weighted by atomic mass is 16.6. The molecule has 1 amide bonds. The average Bonchev–Trinajstić information content (AvgIpc) is 3.30. The van der Waals surface area contributed by atoms with Gasteiger partial charge in [0, 0.05) is 19.0 Å². The predicted octanol–water partition coefficient (Wildman–Crippen LogP) is 4.17. The maximum Gasteiger partial charge on any atom is 0.409 e. The number of methoxy groups -OCH3 is 1. The van der Waals surface area contributed by atoms with Crippen molar-refractivity contribution in [3.05, 3.63) is 23.8 Å². The number of nitrogens with zero attached hydrogens (tertiary/aromatic N) is 1. The molecule has 1 saturated carbocycles. The van der Waals surface area contributed by atoms with Crippen LogP contribution in [0, 0.1) is 5.41 Å². The molecule has 0 aromatic heterocycles. The van der Waals surface area contributed by atoms with E-state index < -0.39 is 5.41 Å². The molecule has 1 aromatic carbocycles. The van der Waals surface area contributed by atoms with Gasteiger partial charge in [0.1, 0.15) is 5.78 Å². The molecule has 0 radical (unpaired) electrons. The number of ether oxygens (including phenoxy) is 3. The van der Waals surface area contributed by atoms with Gasteiger partial charge in [0.25, 0.3) is 0 Å². The third-order valence-corrected chi connectivity index (χ3v) is 6.21. The number of likely N-dealkylation sites (tertiary alicyclic amines) is 1. The summed E-state index contributed by atoms with van der Waals surface area (Å²) in [5.41, 5.74) is 0.324. The molecule has 0 spiro atoms. The van der Waals surface area contributed by atoms with Crippen molar-refractivity contribution in [2.24, 2.45) is 5.41 Å². The zero-order chi connectivity index (χ0) is 20.3. The standard InChI is InChI=1S/C22H31NO5/c1-5-27-21(25)23-13-18(22(3,14-23)15(2)24)16-10-11-19(26-4)20(12-16)28-17-8-6-7-9-17/h10-12,17-18H,5-9,13-14H2,1-4H3. The van der Waals surface area contributed by atoms with Crippen LogP contribution in [0.25, 0.3) is 0 Å². The first-order valence-corrected chi connectivity index (χ1v) is 10.2. The summed E-state index contributed by atoms with van der Waals surface area (Å²) in [6.07, 6.45) is 4.33. The minimum atomic E-state index is -0.661. The first-order valence-electron chi connectivity index (χ1n) is 10.2. The van der Waals surface area contributed by atoms with Crippen molar-refractivity contribution in [1.82, 2.24) is 4.90 Å². The van der Waals surface area contributed by atoms with E-state index in [1.165, 1.54) is 12.8 Å². The molecule has 0 N–H and O–H groups in total. The van der Waals surface area contributed by atoms with Crippen molar-refractivity contribution in [1.29, 1.82) is 0 Å². The van der Waals surface area contributed by atoms with Gasteiger partial charge in [0.15, 0.2) is 11.5 Å². The number of amides is 1. The van der Waals surface area contributed by atoms with E-state index in [4.69, 9.17) is 14.2 Å². The predicted molar refractivity (Wildman–Crippen MR) is 106 cm³/mol. The summed E-state index contributed by atoms with van der Waals surface area (Å²) >= 11 is 0. The Morgan fingerprint density at radius 1 is 1.21 bits per heavy atom. The Kier molecular flexibility index (Phi) is 6.16. The highest BCUT2D eigenvalue weighted by Gasteiger charge is 2.49.